The van der Waals surface area contributed by atoms with E-state index in [1.54, 1.807) is 48.7 Å². The van der Waals surface area contributed by atoms with Crippen LogP contribution >= 0.6 is 0 Å². The van der Waals surface area contributed by atoms with Crippen LogP contribution in [0.4, 0.5) is 33.4 Å². The summed E-state index contributed by atoms with van der Waals surface area (Å²) in [5.74, 6) is 0.891. The topological polar surface area (TPSA) is 189 Å². The van der Waals surface area contributed by atoms with E-state index < -0.39 is 23.0 Å². The summed E-state index contributed by atoms with van der Waals surface area (Å²) >= 11 is 0. The number of carboxylic acids is 1. The molecule has 4 aromatic carbocycles. The second kappa shape index (κ2) is 17.6. The number of carbonyl (C=O) groups is 3. The molecule has 0 spiro atoms. The maximum atomic E-state index is 13.5. The Bertz CT molecular complexity index is 2240. The predicted molar refractivity (Wildman–Crippen MR) is 216 cm³/mol. The summed E-state index contributed by atoms with van der Waals surface area (Å²) in [5.41, 5.74) is 3.01. The van der Waals surface area contributed by atoms with Gasteiger partial charge >= 0.3 is 12.0 Å². The Labute approximate surface area is 321 Å². The number of carbonyl (C=O) groups excluding carboxylic acids is 2. The second-order valence-electron chi connectivity index (χ2n) is 13.4. The molecule has 15 heteroatoms. The Balaban J connectivity index is 1.32. The van der Waals surface area contributed by atoms with E-state index in [0.717, 1.165) is 16.3 Å². The highest BCUT2D eigenvalue weighted by Gasteiger charge is 2.22. The van der Waals surface area contributed by atoms with Crippen molar-refractivity contribution >= 4 is 68.2 Å². The summed E-state index contributed by atoms with van der Waals surface area (Å²) in [5, 5.41) is 22.1. The van der Waals surface area contributed by atoms with Crippen LogP contribution in [0, 0.1) is 0 Å². The van der Waals surface area contributed by atoms with Crippen LogP contribution in [-0.4, -0.2) is 59.2 Å². The lowest BCUT2D eigenvalue weighted by atomic mass is 9.86. The minimum Gasteiger partial charge on any atom is -0.496 e. The standard InChI is InChI=1S/C40H44N6O8S/c1-40(2,3)24-20-31(37(53-5)32(21-24)46-55(6)51)45-39(50)44-30-15-16-33(28-11-8-7-10-27(28)30)54-26-17-19-41-35(23-26)43-25-13-14-29(34(22-25)52-4)38(49)42-18-9-12-36(47)48/h7-8,10-11,13-17,19-23,46H,9,12,18H2,1-6H3,(H,41,43)(H,42,49)(H,47,48)(H2,44,45,50). The molecule has 14 nitrogen and oxygen atoms in total. The number of nitrogens with zero attached hydrogens (tertiary/aromatic N) is 1. The van der Waals surface area contributed by atoms with E-state index >= 15 is 0 Å². The summed E-state index contributed by atoms with van der Waals surface area (Å²) in [4.78, 5) is 41.3. The molecule has 1 atom stereocenters. The van der Waals surface area contributed by atoms with Crippen molar-refractivity contribution in [3.8, 4) is 23.0 Å². The highest BCUT2D eigenvalue weighted by Crippen LogP contribution is 2.40. The number of carboxylic acid groups (broad SMARTS) is 1. The molecule has 0 saturated carbocycles. The highest BCUT2D eigenvalue weighted by molar-refractivity contribution is 7.85. The Morgan fingerprint density at radius 3 is 2.25 bits per heavy atom. The monoisotopic (exact) mass is 768 g/mol. The summed E-state index contributed by atoms with van der Waals surface area (Å²) in [6.07, 6.45) is 3.39. The Hall–Kier alpha value is -6.35. The van der Waals surface area contributed by atoms with E-state index in [1.807, 2.05) is 57.2 Å². The zero-order valence-electron chi connectivity index (χ0n) is 31.4. The van der Waals surface area contributed by atoms with Gasteiger partial charge in [-0.1, -0.05) is 45.0 Å². The molecule has 0 saturated heterocycles. The molecule has 1 unspecified atom stereocenters. The molecule has 288 valence electrons. The van der Waals surface area contributed by atoms with Crippen molar-refractivity contribution in [1.82, 2.24) is 10.3 Å². The number of pyridine rings is 1. The van der Waals surface area contributed by atoms with Gasteiger partial charge in [0.1, 0.15) is 34.1 Å². The summed E-state index contributed by atoms with van der Waals surface area (Å²) in [7, 11) is 1.57. The summed E-state index contributed by atoms with van der Waals surface area (Å²) in [6, 6.07) is 22.7. The van der Waals surface area contributed by atoms with Crippen molar-refractivity contribution in [3.05, 3.63) is 96.2 Å². The maximum absolute atomic E-state index is 13.5. The average molecular weight is 769 g/mol. The molecule has 1 aromatic heterocycles. The van der Waals surface area contributed by atoms with Crippen molar-refractivity contribution < 1.29 is 37.9 Å². The van der Waals surface area contributed by atoms with Gasteiger partial charge in [0.05, 0.1) is 36.8 Å². The molecule has 1 heterocycles. The molecule has 0 fully saturated rings. The van der Waals surface area contributed by atoms with E-state index in [0.29, 0.717) is 63.5 Å². The molecule has 6 N–H and O–H groups in total. The Kier molecular flexibility index (Phi) is 12.8. The Morgan fingerprint density at radius 1 is 0.836 bits per heavy atom. The van der Waals surface area contributed by atoms with E-state index in [9.17, 15) is 18.6 Å². The lowest BCUT2D eigenvalue weighted by molar-refractivity contribution is -0.137. The number of fused-ring (bicyclic) bond motifs is 1. The van der Waals surface area contributed by atoms with Crippen LogP contribution in [0.25, 0.3) is 10.8 Å². The van der Waals surface area contributed by atoms with Crippen molar-refractivity contribution in [2.24, 2.45) is 0 Å². The number of aliphatic carboxylic acids is 1. The van der Waals surface area contributed by atoms with Crippen LogP contribution in [0.5, 0.6) is 23.0 Å². The summed E-state index contributed by atoms with van der Waals surface area (Å²) in [6.45, 7) is 6.35. The Morgan fingerprint density at radius 2 is 1.56 bits per heavy atom. The maximum Gasteiger partial charge on any atom is 0.323 e. The molecule has 0 aliphatic carbocycles. The van der Waals surface area contributed by atoms with Gasteiger partial charge in [-0.25, -0.2) is 14.0 Å². The van der Waals surface area contributed by atoms with E-state index in [2.05, 4.69) is 31.0 Å². The minimum atomic E-state index is -1.37. The molecule has 0 aliphatic heterocycles. The third kappa shape index (κ3) is 10.4. The van der Waals surface area contributed by atoms with E-state index in [-0.39, 0.29) is 24.3 Å². The number of rotatable bonds is 15. The third-order valence-corrected chi connectivity index (χ3v) is 8.83. The van der Waals surface area contributed by atoms with Gasteiger partial charge in [-0.05, 0) is 59.9 Å². The van der Waals surface area contributed by atoms with Crippen molar-refractivity contribution in [3.63, 3.8) is 0 Å². The van der Waals surface area contributed by atoms with Crippen LogP contribution in [0.2, 0.25) is 0 Å². The SMILES string of the molecule is COc1cc(Nc2cc(Oc3ccc(NC(=O)Nc4cc(C(C)(C)C)cc(NS(C)=O)c4OC)c4ccccc34)ccn2)ccc1C(=O)NCCCC(=O)O. The second-order valence-corrected chi connectivity index (χ2v) is 14.5. The fourth-order valence-corrected chi connectivity index (χ4v) is 6.12. The number of aromatic nitrogens is 1. The first-order chi connectivity index (χ1) is 26.2. The molecule has 3 amide bonds. The largest absolute Gasteiger partial charge is 0.496 e. The number of nitrogens with one attached hydrogen (secondary N) is 5. The van der Waals surface area contributed by atoms with Gasteiger partial charge in [-0.2, -0.15) is 0 Å². The van der Waals surface area contributed by atoms with Crippen molar-refractivity contribution in [1.29, 1.82) is 0 Å². The minimum absolute atomic E-state index is 0.0388. The van der Waals surface area contributed by atoms with Gasteiger partial charge in [0.25, 0.3) is 5.91 Å². The highest BCUT2D eigenvalue weighted by atomic mass is 32.2. The first-order valence-electron chi connectivity index (χ1n) is 17.3. The number of benzene rings is 4. The van der Waals surface area contributed by atoms with Gasteiger partial charge in [0.15, 0.2) is 5.75 Å². The number of amides is 3. The number of hydrogen-bond donors (Lipinski definition) is 6. The number of hydrogen-bond acceptors (Lipinski definition) is 9. The predicted octanol–water partition coefficient (Wildman–Crippen LogP) is 8.03. The van der Waals surface area contributed by atoms with Crippen LogP contribution < -0.4 is 40.2 Å². The smallest absolute Gasteiger partial charge is 0.323 e. The van der Waals surface area contributed by atoms with Gasteiger partial charge < -0.3 is 45.3 Å². The molecular weight excluding hydrogens is 725 g/mol. The molecular formula is C40H44N6O8S. The van der Waals surface area contributed by atoms with E-state index in [1.165, 1.54) is 20.5 Å². The molecule has 0 bridgehead atoms. The molecule has 0 radical (unpaired) electrons. The number of urea groups is 1. The van der Waals surface area contributed by atoms with Crippen molar-refractivity contribution in [2.45, 2.75) is 39.0 Å². The third-order valence-electron chi connectivity index (χ3n) is 8.32. The fraction of sp³-hybridized carbons (Fsp3) is 0.250. The normalized spacial score (nSPS) is 11.6. The first-order valence-corrected chi connectivity index (χ1v) is 18.8. The number of methoxy groups -OCH3 is 2. The lowest BCUT2D eigenvalue weighted by Crippen LogP contribution is -2.25. The first kappa shape index (κ1) is 39.8. The number of anilines is 5. The zero-order chi connectivity index (χ0) is 39.7. The number of ether oxygens (including phenoxy) is 3. The molecule has 5 rings (SSSR count). The average Bonchev–Trinajstić information content (AvgIpc) is 3.13. The quantitative estimate of drug-likeness (QED) is 0.0569. The van der Waals surface area contributed by atoms with Crippen LogP contribution in [0.3, 0.4) is 0 Å². The van der Waals surface area contributed by atoms with Crippen LogP contribution in [0.15, 0.2) is 85.1 Å². The van der Waals surface area contributed by atoms with E-state index in [4.69, 9.17) is 19.3 Å². The zero-order valence-corrected chi connectivity index (χ0v) is 32.2. The van der Waals surface area contributed by atoms with Crippen molar-refractivity contribution in [2.75, 3.05) is 47.7 Å². The van der Waals surface area contributed by atoms with Gasteiger partial charge in [-0.15, -0.1) is 0 Å². The molecule has 5 aromatic rings. The van der Waals surface area contributed by atoms with Gasteiger partial charge in [0.2, 0.25) is 0 Å². The van der Waals surface area contributed by atoms with Crippen LogP contribution in [0.1, 0.15) is 49.5 Å². The fourth-order valence-electron chi connectivity index (χ4n) is 5.66. The molecule has 55 heavy (non-hydrogen) atoms. The summed E-state index contributed by atoms with van der Waals surface area (Å²) < 4.78 is 32.4. The van der Waals surface area contributed by atoms with Gasteiger partial charge in [-0.3, -0.25) is 9.59 Å². The van der Waals surface area contributed by atoms with Crippen LogP contribution in [-0.2, 0) is 21.2 Å². The lowest BCUT2D eigenvalue weighted by Gasteiger charge is -2.24. The van der Waals surface area contributed by atoms with Gasteiger partial charge in [0, 0.05) is 54.0 Å². The molecule has 0 aliphatic rings.